The van der Waals surface area contributed by atoms with E-state index in [4.69, 9.17) is 4.74 Å². The highest BCUT2D eigenvalue weighted by Crippen LogP contribution is 2.22. The number of rotatable bonds is 8. The second kappa shape index (κ2) is 9.57. The van der Waals surface area contributed by atoms with Crippen LogP contribution in [0, 0.1) is 6.92 Å². The van der Waals surface area contributed by atoms with Crippen molar-refractivity contribution in [2.24, 2.45) is 0 Å². The molecule has 0 spiro atoms. The highest BCUT2D eigenvalue weighted by Gasteiger charge is 2.29. The lowest BCUT2D eigenvalue weighted by Crippen LogP contribution is -2.39. The van der Waals surface area contributed by atoms with Crippen molar-refractivity contribution in [1.82, 2.24) is 19.7 Å². The van der Waals surface area contributed by atoms with Gasteiger partial charge in [0.15, 0.2) is 6.61 Å². The topological polar surface area (TPSA) is 60.2 Å². The Hall–Kier alpha value is -3.15. The van der Waals surface area contributed by atoms with Gasteiger partial charge in [-0.2, -0.15) is 0 Å². The van der Waals surface area contributed by atoms with Crippen molar-refractivity contribution in [1.29, 1.82) is 0 Å². The molecule has 1 atom stereocenters. The summed E-state index contributed by atoms with van der Waals surface area (Å²) in [5, 5.41) is 8.41. The predicted molar refractivity (Wildman–Crippen MR) is 115 cm³/mol. The summed E-state index contributed by atoms with van der Waals surface area (Å²) in [6.45, 7) is 3.67. The van der Waals surface area contributed by atoms with Gasteiger partial charge in [-0.15, -0.1) is 10.2 Å². The second-order valence-electron chi connectivity index (χ2n) is 7.89. The fourth-order valence-corrected chi connectivity index (χ4v) is 4.08. The number of nitrogens with zero attached hydrogens (tertiary/aromatic N) is 4. The van der Waals surface area contributed by atoms with Gasteiger partial charge < -0.3 is 14.2 Å². The van der Waals surface area contributed by atoms with Crippen molar-refractivity contribution in [3.8, 4) is 5.75 Å². The molecule has 0 N–H and O–H groups in total. The molecule has 2 heterocycles. The van der Waals surface area contributed by atoms with Crippen LogP contribution in [0.1, 0.15) is 36.2 Å². The average molecular weight is 405 g/mol. The smallest absolute Gasteiger partial charge is 0.260 e. The number of amides is 1. The molecule has 2 aromatic carbocycles. The molecule has 6 nitrogen and oxygen atoms in total. The van der Waals surface area contributed by atoms with E-state index in [0.29, 0.717) is 0 Å². The summed E-state index contributed by atoms with van der Waals surface area (Å²) in [5.74, 6) is 1.77. The Morgan fingerprint density at radius 2 is 2.03 bits per heavy atom. The van der Waals surface area contributed by atoms with Crippen LogP contribution in [0.5, 0.6) is 5.75 Å². The molecule has 0 bridgehead atoms. The Bertz CT molecular complexity index is 970. The summed E-state index contributed by atoms with van der Waals surface area (Å²) in [5.41, 5.74) is 2.35. The van der Waals surface area contributed by atoms with Gasteiger partial charge in [-0.3, -0.25) is 4.79 Å². The highest BCUT2D eigenvalue weighted by molar-refractivity contribution is 5.78. The second-order valence-corrected chi connectivity index (χ2v) is 7.89. The Balaban J connectivity index is 1.31. The predicted octanol–water partition coefficient (Wildman–Crippen LogP) is 3.64. The van der Waals surface area contributed by atoms with Crippen molar-refractivity contribution in [3.05, 3.63) is 77.9 Å². The minimum atomic E-state index is 0.0600. The maximum absolute atomic E-state index is 12.8. The number of benzene rings is 2. The highest BCUT2D eigenvalue weighted by atomic mass is 16.5. The zero-order valence-electron chi connectivity index (χ0n) is 17.4. The van der Waals surface area contributed by atoms with Crippen molar-refractivity contribution < 1.29 is 9.53 Å². The van der Waals surface area contributed by atoms with Crippen molar-refractivity contribution in [2.45, 2.75) is 45.2 Å². The largest absolute Gasteiger partial charge is 0.484 e. The summed E-state index contributed by atoms with van der Waals surface area (Å²) >= 11 is 0. The SMILES string of the molecule is Cc1cccc(OCC(=O)N2CCCC2CCc2nncn2Cc2ccccc2)c1. The molecule has 4 rings (SSSR count). The maximum Gasteiger partial charge on any atom is 0.260 e. The van der Waals surface area contributed by atoms with Crippen LogP contribution in [0.4, 0.5) is 0 Å². The molecule has 1 aliphatic rings. The monoisotopic (exact) mass is 404 g/mol. The Labute approximate surface area is 177 Å². The zero-order chi connectivity index (χ0) is 20.8. The van der Waals surface area contributed by atoms with Crippen LogP contribution in [0.2, 0.25) is 0 Å². The first-order valence-corrected chi connectivity index (χ1v) is 10.6. The first kappa shape index (κ1) is 20.1. The minimum Gasteiger partial charge on any atom is -0.484 e. The van der Waals surface area contributed by atoms with E-state index < -0.39 is 0 Å². The van der Waals surface area contributed by atoms with Crippen LogP contribution >= 0.6 is 0 Å². The molecule has 1 unspecified atom stereocenters. The molecule has 156 valence electrons. The molecule has 0 radical (unpaired) electrons. The summed E-state index contributed by atoms with van der Waals surface area (Å²) in [6.07, 6.45) is 5.56. The van der Waals surface area contributed by atoms with Gasteiger partial charge in [0.2, 0.25) is 0 Å². The molecule has 1 fully saturated rings. The molecule has 3 aromatic rings. The van der Waals surface area contributed by atoms with Crippen LogP contribution in [-0.4, -0.2) is 44.8 Å². The van der Waals surface area contributed by atoms with Crippen LogP contribution in [-0.2, 0) is 17.8 Å². The first-order valence-electron chi connectivity index (χ1n) is 10.6. The molecule has 1 aromatic heterocycles. The summed E-state index contributed by atoms with van der Waals surface area (Å²) < 4.78 is 7.82. The lowest BCUT2D eigenvalue weighted by atomic mass is 10.1. The average Bonchev–Trinajstić information content (AvgIpc) is 3.40. The molecular formula is C24H28N4O2. The van der Waals surface area contributed by atoms with E-state index in [2.05, 4.69) is 26.9 Å². The normalized spacial score (nSPS) is 16.0. The van der Waals surface area contributed by atoms with E-state index in [9.17, 15) is 4.79 Å². The number of likely N-dealkylation sites (tertiary alicyclic amines) is 1. The molecule has 6 heteroatoms. The summed E-state index contributed by atoms with van der Waals surface area (Å²) in [7, 11) is 0. The van der Waals surface area contributed by atoms with E-state index in [1.165, 1.54) is 5.56 Å². The zero-order valence-corrected chi connectivity index (χ0v) is 17.4. The molecule has 1 aliphatic heterocycles. The fraction of sp³-hybridized carbons (Fsp3) is 0.375. The lowest BCUT2D eigenvalue weighted by molar-refractivity contribution is -0.134. The quantitative estimate of drug-likeness (QED) is 0.575. The van der Waals surface area contributed by atoms with E-state index in [1.807, 2.05) is 54.3 Å². The number of aromatic nitrogens is 3. The fourth-order valence-electron chi connectivity index (χ4n) is 4.08. The summed E-state index contributed by atoms with van der Waals surface area (Å²) in [4.78, 5) is 14.7. The molecule has 0 aliphatic carbocycles. The third-order valence-corrected chi connectivity index (χ3v) is 5.64. The first-order chi connectivity index (χ1) is 14.7. The molecule has 30 heavy (non-hydrogen) atoms. The third kappa shape index (κ3) is 5.06. The van der Waals surface area contributed by atoms with E-state index in [0.717, 1.165) is 55.9 Å². The van der Waals surface area contributed by atoms with Crippen LogP contribution in [0.15, 0.2) is 60.9 Å². The maximum atomic E-state index is 12.8. The van der Waals surface area contributed by atoms with Gasteiger partial charge in [0.25, 0.3) is 5.91 Å². The molecule has 1 saturated heterocycles. The third-order valence-electron chi connectivity index (χ3n) is 5.64. The van der Waals surface area contributed by atoms with Gasteiger partial charge >= 0.3 is 0 Å². The number of ether oxygens (including phenoxy) is 1. The van der Waals surface area contributed by atoms with Gasteiger partial charge in [-0.25, -0.2) is 0 Å². The number of aryl methyl sites for hydroxylation is 2. The van der Waals surface area contributed by atoms with E-state index in [1.54, 1.807) is 6.33 Å². The van der Waals surface area contributed by atoms with Gasteiger partial charge in [0, 0.05) is 19.0 Å². The van der Waals surface area contributed by atoms with Crippen molar-refractivity contribution in [2.75, 3.05) is 13.2 Å². The minimum absolute atomic E-state index is 0.0600. The van der Waals surface area contributed by atoms with Gasteiger partial charge in [0.1, 0.15) is 17.9 Å². The number of hydrogen-bond donors (Lipinski definition) is 0. The number of carbonyl (C=O) groups is 1. The van der Waals surface area contributed by atoms with E-state index in [-0.39, 0.29) is 18.6 Å². The number of hydrogen-bond acceptors (Lipinski definition) is 4. The van der Waals surface area contributed by atoms with Crippen LogP contribution in [0.3, 0.4) is 0 Å². The lowest BCUT2D eigenvalue weighted by Gasteiger charge is -2.24. The Morgan fingerprint density at radius 3 is 2.87 bits per heavy atom. The Morgan fingerprint density at radius 1 is 1.17 bits per heavy atom. The number of carbonyl (C=O) groups excluding carboxylic acids is 1. The van der Waals surface area contributed by atoms with Crippen molar-refractivity contribution in [3.63, 3.8) is 0 Å². The van der Waals surface area contributed by atoms with Crippen molar-refractivity contribution >= 4 is 5.91 Å². The van der Waals surface area contributed by atoms with Crippen LogP contribution in [0.25, 0.3) is 0 Å². The van der Waals surface area contributed by atoms with Crippen LogP contribution < -0.4 is 4.74 Å². The summed E-state index contributed by atoms with van der Waals surface area (Å²) in [6, 6.07) is 18.4. The van der Waals surface area contributed by atoms with Gasteiger partial charge in [-0.1, -0.05) is 42.5 Å². The van der Waals surface area contributed by atoms with E-state index >= 15 is 0 Å². The van der Waals surface area contributed by atoms with Gasteiger partial charge in [0.05, 0.1) is 6.54 Å². The van der Waals surface area contributed by atoms with Gasteiger partial charge in [-0.05, 0) is 49.4 Å². The Kier molecular flexibility index (Phi) is 6.42. The standard InChI is InChI=1S/C24H28N4O2/c1-19-7-5-11-22(15-19)30-17-24(29)28-14-6-10-21(28)12-13-23-26-25-18-27(23)16-20-8-3-2-4-9-20/h2-5,7-9,11,15,18,21H,6,10,12-14,16-17H2,1H3. The molecule has 1 amide bonds. The molecular weight excluding hydrogens is 376 g/mol. The molecule has 0 saturated carbocycles.